The normalized spacial score (nSPS) is 18.1. The van der Waals surface area contributed by atoms with E-state index in [-0.39, 0.29) is 22.6 Å². The highest BCUT2D eigenvalue weighted by molar-refractivity contribution is 5.65. The number of aliphatic hydroxyl groups excluding tert-OH is 1. The Morgan fingerprint density at radius 3 is 2.72 bits per heavy atom. The maximum atomic E-state index is 11.1. The molecule has 0 amide bonds. The van der Waals surface area contributed by atoms with Crippen LogP contribution in [0.4, 0.5) is 11.4 Å². The number of rotatable bonds is 3. The molecule has 1 aromatic carbocycles. The first kappa shape index (κ1) is 12.8. The Balaban J connectivity index is 2.36. The molecule has 0 aromatic heterocycles. The molecule has 18 heavy (non-hydrogen) atoms. The third kappa shape index (κ3) is 2.46. The van der Waals surface area contributed by atoms with Crippen LogP contribution in [0.3, 0.4) is 0 Å². The largest absolute Gasteiger partial charge is 0.392 e. The minimum atomic E-state index is -0.375. The Morgan fingerprint density at radius 1 is 1.50 bits per heavy atom. The standard InChI is InChI=1S/C13H18N2O3/c1-13(2)5-6-14(9-13)11-4-3-10(8-16)7-12(11)15(17)18/h3-4,7,16H,5-6,8-9H2,1-2H3. The van der Waals surface area contributed by atoms with E-state index < -0.39 is 0 Å². The molecule has 2 rings (SSSR count). The van der Waals surface area contributed by atoms with Crippen LogP contribution < -0.4 is 4.90 Å². The van der Waals surface area contributed by atoms with Crippen molar-refractivity contribution in [3.8, 4) is 0 Å². The van der Waals surface area contributed by atoms with Crippen LogP contribution in [-0.2, 0) is 6.61 Å². The van der Waals surface area contributed by atoms with E-state index in [4.69, 9.17) is 5.11 Å². The molecule has 1 saturated heterocycles. The van der Waals surface area contributed by atoms with Gasteiger partial charge in [0.25, 0.3) is 5.69 Å². The van der Waals surface area contributed by atoms with E-state index in [1.807, 2.05) is 0 Å². The average Bonchev–Trinajstić information content (AvgIpc) is 2.68. The number of hydrogen-bond acceptors (Lipinski definition) is 4. The number of nitro groups is 1. The fourth-order valence-corrected chi connectivity index (χ4v) is 2.40. The fraction of sp³-hybridized carbons (Fsp3) is 0.538. The molecule has 1 fully saturated rings. The van der Waals surface area contributed by atoms with Crippen LogP contribution >= 0.6 is 0 Å². The molecule has 1 aliphatic rings. The number of hydrogen-bond donors (Lipinski definition) is 1. The Bertz CT molecular complexity index is 471. The molecule has 0 unspecified atom stereocenters. The zero-order chi connectivity index (χ0) is 13.3. The Morgan fingerprint density at radius 2 is 2.22 bits per heavy atom. The highest BCUT2D eigenvalue weighted by Gasteiger charge is 2.32. The van der Waals surface area contributed by atoms with Gasteiger partial charge in [0.15, 0.2) is 0 Å². The van der Waals surface area contributed by atoms with Crippen molar-refractivity contribution in [3.05, 3.63) is 33.9 Å². The lowest BCUT2D eigenvalue weighted by atomic mass is 9.93. The van der Waals surface area contributed by atoms with Crippen molar-refractivity contribution in [2.24, 2.45) is 5.41 Å². The molecule has 1 aliphatic heterocycles. The topological polar surface area (TPSA) is 66.6 Å². The van der Waals surface area contributed by atoms with Crippen molar-refractivity contribution in [1.82, 2.24) is 0 Å². The molecular formula is C13H18N2O3. The van der Waals surface area contributed by atoms with Gasteiger partial charge < -0.3 is 10.0 Å². The van der Waals surface area contributed by atoms with Crippen LogP contribution in [-0.4, -0.2) is 23.1 Å². The smallest absolute Gasteiger partial charge is 0.292 e. The fourth-order valence-electron chi connectivity index (χ4n) is 2.40. The van der Waals surface area contributed by atoms with Gasteiger partial charge in [0.1, 0.15) is 5.69 Å². The molecule has 1 aromatic rings. The molecule has 5 nitrogen and oxygen atoms in total. The zero-order valence-corrected chi connectivity index (χ0v) is 10.7. The van der Waals surface area contributed by atoms with E-state index in [2.05, 4.69) is 18.7 Å². The number of benzene rings is 1. The third-order valence-corrected chi connectivity index (χ3v) is 3.44. The Kier molecular flexibility index (Phi) is 3.26. The second-order valence-corrected chi connectivity index (χ2v) is 5.57. The monoisotopic (exact) mass is 250 g/mol. The number of anilines is 1. The summed E-state index contributed by atoms with van der Waals surface area (Å²) in [5.74, 6) is 0. The van der Waals surface area contributed by atoms with E-state index in [9.17, 15) is 10.1 Å². The molecule has 0 atom stereocenters. The summed E-state index contributed by atoms with van der Waals surface area (Å²) >= 11 is 0. The van der Waals surface area contributed by atoms with Gasteiger partial charge in [0, 0.05) is 19.2 Å². The predicted octanol–water partition coefficient (Wildman–Crippen LogP) is 2.32. The van der Waals surface area contributed by atoms with Crippen molar-refractivity contribution in [2.75, 3.05) is 18.0 Å². The molecule has 5 heteroatoms. The summed E-state index contributed by atoms with van der Waals surface area (Å²) in [4.78, 5) is 12.8. The minimum absolute atomic E-state index is 0.0826. The van der Waals surface area contributed by atoms with Crippen molar-refractivity contribution in [1.29, 1.82) is 0 Å². The first-order valence-electron chi connectivity index (χ1n) is 6.06. The Hall–Kier alpha value is -1.62. The molecular weight excluding hydrogens is 232 g/mol. The van der Waals surface area contributed by atoms with Gasteiger partial charge in [0.05, 0.1) is 11.5 Å². The van der Waals surface area contributed by atoms with Crippen LogP contribution in [0.15, 0.2) is 18.2 Å². The molecule has 0 spiro atoms. The van der Waals surface area contributed by atoms with Gasteiger partial charge in [-0.15, -0.1) is 0 Å². The number of aliphatic hydroxyl groups is 1. The molecule has 0 bridgehead atoms. The van der Waals surface area contributed by atoms with E-state index in [1.165, 1.54) is 6.07 Å². The van der Waals surface area contributed by atoms with E-state index in [0.717, 1.165) is 19.5 Å². The highest BCUT2D eigenvalue weighted by atomic mass is 16.6. The van der Waals surface area contributed by atoms with Crippen LogP contribution in [0.1, 0.15) is 25.8 Å². The third-order valence-electron chi connectivity index (χ3n) is 3.44. The lowest BCUT2D eigenvalue weighted by Gasteiger charge is -2.21. The lowest BCUT2D eigenvalue weighted by molar-refractivity contribution is -0.384. The van der Waals surface area contributed by atoms with Crippen LogP contribution in [0.25, 0.3) is 0 Å². The molecule has 1 heterocycles. The second-order valence-electron chi connectivity index (χ2n) is 5.57. The van der Waals surface area contributed by atoms with Gasteiger partial charge in [-0.3, -0.25) is 10.1 Å². The second kappa shape index (κ2) is 4.57. The highest BCUT2D eigenvalue weighted by Crippen LogP contribution is 2.37. The quantitative estimate of drug-likeness (QED) is 0.660. The summed E-state index contributed by atoms with van der Waals surface area (Å²) in [6.07, 6.45) is 1.03. The first-order chi connectivity index (χ1) is 8.43. The summed E-state index contributed by atoms with van der Waals surface area (Å²) in [5.41, 5.74) is 1.51. The zero-order valence-electron chi connectivity index (χ0n) is 10.7. The molecule has 0 radical (unpaired) electrons. The SMILES string of the molecule is CC1(C)CCN(c2ccc(CO)cc2[N+](=O)[O-])C1. The van der Waals surface area contributed by atoms with E-state index >= 15 is 0 Å². The van der Waals surface area contributed by atoms with Crippen molar-refractivity contribution in [2.45, 2.75) is 26.9 Å². The van der Waals surface area contributed by atoms with Gasteiger partial charge in [0.2, 0.25) is 0 Å². The van der Waals surface area contributed by atoms with Crippen LogP contribution in [0, 0.1) is 15.5 Å². The molecule has 98 valence electrons. The van der Waals surface area contributed by atoms with Gasteiger partial charge in [-0.2, -0.15) is 0 Å². The molecule has 1 N–H and O–H groups in total. The summed E-state index contributed by atoms with van der Waals surface area (Å²) in [6.45, 7) is 5.83. The van der Waals surface area contributed by atoms with Crippen molar-refractivity contribution < 1.29 is 10.0 Å². The van der Waals surface area contributed by atoms with Crippen molar-refractivity contribution >= 4 is 11.4 Å². The van der Waals surface area contributed by atoms with Gasteiger partial charge in [-0.05, 0) is 23.5 Å². The summed E-state index contributed by atoms with van der Waals surface area (Å²) in [5, 5.41) is 20.2. The van der Waals surface area contributed by atoms with Gasteiger partial charge in [-0.25, -0.2) is 0 Å². The van der Waals surface area contributed by atoms with E-state index in [1.54, 1.807) is 12.1 Å². The minimum Gasteiger partial charge on any atom is -0.392 e. The van der Waals surface area contributed by atoms with Crippen molar-refractivity contribution in [3.63, 3.8) is 0 Å². The Labute approximate surface area is 106 Å². The molecule has 0 aliphatic carbocycles. The average molecular weight is 250 g/mol. The first-order valence-corrected chi connectivity index (χ1v) is 6.06. The lowest BCUT2D eigenvalue weighted by Crippen LogP contribution is -2.23. The predicted molar refractivity (Wildman–Crippen MR) is 69.6 cm³/mol. The number of nitro benzene ring substituents is 1. The van der Waals surface area contributed by atoms with E-state index in [0.29, 0.717) is 11.3 Å². The maximum absolute atomic E-state index is 11.1. The molecule has 0 saturated carbocycles. The van der Waals surface area contributed by atoms with Crippen LogP contribution in [0.2, 0.25) is 0 Å². The summed E-state index contributed by atoms with van der Waals surface area (Å²) in [6, 6.07) is 4.94. The van der Waals surface area contributed by atoms with Crippen LogP contribution in [0.5, 0.6) is 0 Å². The van der Waals surface area contributed by atoms with Gasteiger partial charge in [-0.1, -0.05) is 19.9 Å². The number of nitrogens with zero attached hydrogens (tertiary/aromatic N) is 2. The summed E-state index contributed by atoms with van der Waals surface area (Å²) < 4.78 is 0. The summed E-state index contributed by atoms with van der Waals surface area (Å²) in [7, 11) is 0. The maximum Gasteiger partial charge on any atom is 0.292 e. The van der Waals surface area contributed by atoms with Gasteiger partial charge >= 0.3 is 0 Å².